The molecule has 0 radical (unpaired) electrons. The van der Waals surface area contributed by atoms with Gasteiger partial charge in [0.1, 0.15) is 12.2 Å². The first-order valence-electron chi connectivity index (χ1n) is 5.96. The molecule has 0 fully saturated rings. The summed E-state index contributed by atoms with van der Waals surface area (Å²) in [6, 6.07) is 2.07. The minimum Gasteiger partial charge on any atom is -0.305 e. The van der Waals surface area contributed by atoms with Crippen LogP contribution in [-0.4, -0.2) is 14.8 Å². The molecule has 0 aliphatic rings. The molecule has 2 aromatic heterocycles. The molecule has 18 heavy (non-hydrogen) atoms. The Kier molecular flexibility index (Phi) is 4.91. The summed E-state index contributed by atoms with van der Waals surface area (Å²) in [5.41, 5.74) is 0. The Morgan fingerprint density at radius 3 is 2.94 bits per heavy atom. The van der Waals surface area contributed by atoms with Gasteiger partial charge in [0.05, 0.1) is 6.54 Å². The number of aromatic nitrogens is 3. The average molecular weight is 329 g/mol. The van der Waals surface area contributed by atoms with E-state index in [4.69, 9.17) is 0 Å². The number of hydrogen-bond acceptors (Lipinski definition) is 4. The van der Waals surface area contributed by atoms with E-state index in [1.54, 1.807) is 17.7 Å². The molecule has 0 saturated heterocycles. The molecule has 1 N–H and O–H groups in total. The summed E-state index contributed by atoms with van der Waals surface area (Å²) in [5.74, 6) is 1.58. The average Bonchev–Trinajstić information content (AvgIpc) is 2.89. The fourth-order valence-corrected chi connectivity index (χ4v) is 3.12. The van der Waals surface area contributed by atoms with Gasteiger partial charge in [0.2, 0.25) is 0 Å². The Morgan fingerprint density at radius 2 is 2.28 bits per heavy atom. The van der Waals surface area contributed by atoms with Crippen LogP contribution in [0.15, 0.2) is 22.2 Å². The van der Waals surface area contributed by atoms with Crippen molar-refractivity contribution < 1.29 is 0 Å². The van der Waals surface area contributed by atoms with Crippen LogP contribution in [0.4, 0.5) is 0 Å². The van der Waals surface area contributed by atoms with Crippen molar-refractivity contribution in [2.45, 2.75) is 33.5 Å². The minimum atomic E-state index is 0.580. The summed E-state index contributed by atoms with van der Waals surface area (Å²) in [6.07, 6.45) is 1.63. The highest BCUT2D eigenvalue weighted by atomic mass is 79.9. The van der Waals surface area contributed by atoms with Crippen LogP contribution in [0.25, 0.3) is 0 Å². The van der Waals surface area contributed by atoms with Crippen molar-refractivity contribution in [1.82, 2.24) is 20.1 Å². The van der Waals surface area contributed by atoms with Crippen LogP contribution in [0.5, 0.6) is 0 Å². The van der Waals surface area contributed by atoms with Crippen molar-refractivity contribution in [3.8, 4) is 0 Å². The molecule has 2 rings (SSSR count). The first-order chi connectivity index (χ1) is 8.66. The second-order valence-electron chi connectivity index (χ2n) is 4.55. The maximum atomic E-state index is 4.29. The van der Waals surface area contributed by atoms with Crippen molar-refractivity contribution in [3.63, 3.8) is 0 Å². The van der Waals surface area contributed by atoms with Crippen molar-refractivity contribution >= 4 is 27.3 Å². The molecule has 0 amide bonds. The van der Waals surface area contributed by atoms with Gasteiger partial charge in [0.25, 0.3) is 0 Å². The highest BCUT2D eigenvalue weighted by molar-refractivity contribution is 9.10. The Morgan fingerprint density at radius 1 is 1.44 bits per heavy atom. The van der Waals surface area contributed by atoms with Crippen LogP contribution in [0.3, 0.4) is 0 Å². The van der Waals surface area contributed by atoms with Crippen molar-refractivity contribution in [3.05, 3.63) is 32.9 Å². The monoisotopic (exact) mass is 328 g/mol. The maximum absolute atomic E-state index is 4.29. The topological polar surface area (TPSA) is 42.7 Å². The van der Waals surface area contributed by atoms with E-state index in [9.17, 15) is 0 Å². The second kappa shape index (κ2) is 6.45. The third-order valence-electron chi connectivity index (χ3n) is 2.49. The van der Waals surface area contributed by atoms with E-state index in [0.29, 0.717) is 5.92 Å². The molecule has 0 unspecified atom stereocenters. The molecule has 2 heterocycles. The van der Waals surface area contributed by atoms with Crippen LogP contribution in [-0.2, 0) is 19.6 Å². The Hall–Kier alpha value is -0.720. The molecule has 0 aromatic carbocycles. The van der Waals surface area contributed by atoms with Gasteiger partial charge >= 0.3 is 0 Å². The maximum Gasteiger partial charge on any atom is 0.140 e. The molecule has 4 nitrogen and oxygen atoms in total. The van der Waals surface area contributed by atoms with E-state index in [1.165, 1.54) is 9.35 Å². The van der Waals surface area contributed by atoms with Crippen molar-refractivity contribution in [2.24, 2.45) is 5.92 Å². The molecule has 0 aliphatic carbocycles. The lowest BCUT2D eigenvalue weighted by Crippen LogP contribution is -2.18. The van der Waals surface area contributed by atoms with Crippen molar-refractivity contribution in [2.75, 3.05) is 0 Å². The van der Waals surface area contributed by atoms with E-state index < -0.39 is 0 Å². The zero-order valence-corrected chi connectivity index (χ0v) is 13.0. The number of thiophene rings is 1. The SMILES string of the molecule is CC(C)Cn1ncnc1CNCc1sccc1Br. The van der Waals surface area contributed by atoms with Crippen LogP contribution in [0, 0.1) is 5.92 Å². The Labute approximate surface area is 120 Å². The largest absolute Gasteiger partial charge is 0.305 e. The van der Waals surface area contributed by atoms with Gasteiger partial charge in [0.15, 0.2) is 0 Å². The molecule has 98 valence electrons. The van der Waals surface area contributed by atoms with Crippen LogP contribution < -0.4 is 5.32 Å². The van der Waals surface area contributed by atoms with E-state index in [2.05, 4.69) is 56.6 Å². The lowest BCUT2D eigenvalue weighted by Gasteiger charge is -2.09. The molecule has 0 saturated carbocycles. The highest BCUT2D eigenvalue weighted by Crippen LogP contribution is 2.22. The number of nitrogens with zero attached hydrogens (tertiary/aromatic N) is 3. The number of rotatable bonds is 6. The second-order valence-corrected chi connectivity index (χ2v) is 6.40. The molecule has 6 heteroatoms. The first kappa shape index (κ1) is 13.7. The standard InChI is InChI=1S/C12H17BrN4S/c1-9(2)7-17-12(15-8-16-17)6-14-5-11-10(13)3-4-18-11/h3-4,8-9,14H,5-7H2,1-2H3. The fraction of sp³-hybridized carbons (Fsp3) is 0.500. The van der Waals surface area contributed by atoms with Gasteiger partial charge in [-0.05, 0) is 33.3 Å². The van der Waals surface area contributed by atoms with Crippen LogP contribution in [0.1, 0.15) is 24.5 Å². The third-order valence-corrected chi connectivity index (χ3v) is 4.42. The molecule has 2 aromatic rings. The van der Waals surface area contributed by atoms with E-state index >= 15 is 0 Å². The lowest BCUT2D eigenvalue weighted by atomic mass is 10.2. The fourth-order valence-electron chi connectivity index (χ4n) is 1.66. The summed E-state index contributed by atoms with van der Waals surface area (Å²) >= 11 is 5.28. The minimum absolute atomic E-state index is 0.580. The molecule has 0 aliphatic heterocycles. The number of hydrogen-bond donors (Lipinski definition) is 1. The first-order valence-corrected chi connectivity index (χ1v) is 7.63. The van der Waals surface area contributed by atoms with Gasteiger partial charge in [-0.15, -0.1) is 11.3 Å². The smallest absolute Gasteiger partial charge is 0.140 e. The molecular weight excluding hydrogens is 312 g/mol. The van der Waals surface area contributed by atoms with Gasteiger partial charge in [-0.1, -0.05) is 13.8 Å². The zero-order chi connectivity index (χ0) is 13.0. The van der Waals surface area contributed by atoms with Crippen molar-refractivity contribution in [1.29, 1.82) is 0 Å². The highest BCUT2D eigenvalue weighted by Gasteiger charge is 2.06. The number of nitrogens with one attached hydrogen (secondary N) is 1. The van der Waals surface area contributed by atoms with Gasteiger partial charge in [-0.2, -0.15) is 5.10 Å². The number of halogens is 1. The normalized spacial score (nSPS) is 11.3. The van der Waals surface area contributed by atoms with Gasteiger partial charge in [-0.3, -0.25) is 0 Å². The van der Waals surface area contributed by atoms with Crippen LogP contribution >= 0.6 is 27.3 Å². The predicted octanol–water partition coefficient (Wildman–Crippen LogP) is 3.05. The van der Waals surface area contributed by atoms with E-state index in [-0.39, 0.29) is 0 Å². The van der Waals surface area contributed by atoms with Gasteiger partial charge in [0, 0.05) is 22.4 Å². The molecule has 0 spiro atoms. The summed E-state index contributed by atoms with van der Waals surface area (Å²) in [7, 11) is 0. The van der Waals surface area contributed by atoms with Crippen LogP contribution in [0.2, 0.25) is 0 Å². The molecule has 0 bridgehead atoms. The summed E-state index contributed by atoms with van der Waals surface area (Å²) < 4.78 is 3.14. The van der Waals surface area contributed by atoms with Gasteiger partial charge < -0.3 is 5.32 Å². The van der Waals surface area contributed by atoms with E-state index in [0.717, 1.165) is 25.5 Å². The Bertz CT molecular complexity index is 492. The van der Waals surface area contributed by atoms with Gasteiger partial charge in [-0.25, -0.2) is 9.67 Å². The lowest BCUT2D eigenvalue weighted by molar-refractivity contribution is 0.457. The molecule has 0 atom stereocenters. The zero-order valence-electron chi connectivity index (χ0n) is 10.6. The van der Waals surface area contributed by atoms with E-state index in [1.807, 2.05) is 4.68 Å². The third kappa shape index (κ3) is 3.63. The predicted molar refractivity (Wildman–Crippen MR) is 77.4 cm³/mol. The summed E-state index contributed by atoms with van der Waals surface area (Å²) in [5, 5.41) is 9.74. The summed E-state index contributed by atoms with van der Waals surface area (Å²) in [6.45, 7) is 6.88. The quantitative estimate of drug-likeness (QED) is 0.886. The summed E-state index contributed by atoms with van der Waals surface area (Å²) in [4.78, 5) is 5.60. The Balaban J connectivity index is 1.87. The molecular formula is C12H17BrN4S.